The van der Waals surface area contributed by atoms with Gasteiger partial charge in [0, 0.05) is 16.6 Å². The molecule has 1 aromatic rings. The number of carboxylic acids is 1. The topological polar surface area (TPSA) is 92.5 Å². The van der Waals surface area contributed by atoms with Crippen LogP contribution in [0.5, 0.6) is 0 Å². The Kier molecular flexibility index (Phi) is 4.45. The molecule has 17 heavy (non-hydrogen) atoms. The predicted octanol–water partition coefficient (Wildman–Crippen LogP) is 2.63. The Morgan fingerprint density at radius 1 is 1.65 bits per heavy atom. The fourth-order valence-electron chi connectivity index (χ4n) is 1.26. The Hall–Kier alpha value is -1.63. The van der Waals surface area contributed by atoms with Gasteiger partial charge in [0.1, 0.15) is 6.04 Å². The van der Waals surface area contributed by atoms with Gasteiger partial charge in [-0.2, -0.15) is 0 Å². The summed E-state index contributed by atoms with van der Waals surface area (Å²) in [5.41, 5.74) is 0.310. The lowest BCUT2D eigenvalue weighted by Crippen LogP contribution is -2.28. The predicted molar refractivity (Wildman–Crippen MR) is 66.1 cm³/mol. The number of halogens is 1. The van der Waals surface area contributed by atoms with Crippen LogP contribution in [0.2, 0.25) is 0 Å². The SMILES string of the molecule is CCC(Nc1cc([N+](=O)[O-])ccc1Br)C(=O)O. The molecule has 0 amide bonds. The van der Waals surface area contributed by atoms with Crippen LogP contribution < -0.4 is 5.32 Å². The summed E-state index contributed by atoms with van der Waals surface area (Å²) in [6, 6.07) is 3.38. The Morgan fingerprint density at radius 2 is 2.29 bits per heavy atom. The Labute approximate surface area is 106 Å². The number of nitro groups is 1. The molecule has 7 heteroatoms. The van der Waals surface area contributed by atoms with Crippen molar-refractivity contribution in [2.75, 3.05) is 5.32 Å². The van der Waals surface area contributed by atoms with Crippen molar-refractivity contribution in [3.8, 4) is 0 Å². The second kappa shape index (κ2) is 5.62. The largest absolute Gasteiger partial charge is 0.480 e. The van der Waals surface area contributed by atoms with E-state index >= 15 is 0 Å². The lowest BCUT2D eigenvalue weighted by Gasteiger charge is -2.14. The van der Waals surface area contributed by atoms with Gasteiger partial charge in [-0.1, -0.05) is 6.92 Å². The molecule has 0 fully saturated rings. The molecule has 2 N–H and O–H groups in total. The van der Waals surface area contributed by atoms with Crippen LogP contribution in [0.1, 0.15) is 13.3 Å². The van der Waals surface area contributed by atoms with E-state index < -0.39 is 16.9 Å². The highest BCUT2D eigenvalue weighted by Gasteiger charge is 2.17. The van der Waals surface area contributed by atoms with Crippen LogP contribution in [0.3, 0.4) is 0 Å². The zero-order chi connectivity index (χ0) is 13.0. The Balaban J connectivity index is 3.00. The number of anilines is 1. The molecule has 0 saturated carbocycles. The summed E-state index contributed by atoms with van der Waals surface area (Å²) in [5, 5.41) is 22.2. The van der Waals surface area contributed by atoms with Gasteiger partial charge in [0.05, 0.1) is 10.6 Å². The monoisotopic (exact) mass is 302 g/mol. The number of carbonyl (C=O) groups is 1. The molecule has 92 valence electrons. The van der Waals surface area contributed by atoms with Gasteiger partial charge in [0.15, 0.2) is 0 Å². The summed E-state index contributed by atoms with van der Waals surface area (Å²) in [7, 11) is 0. The Bertz CT molecular complexity index is 450. The summed E-state index contributed by atoms with van der Waals surface area (Å²) in [5.74, 6) is -0.995. The number of nitrogens with zero attached hydrogens (tertiary/aromatic N) is 1. The number of carboxylic acid groups (broad SMARTS) is 1. The lowest BCUT2D eigenvalue weighted by molar-refractivity contribution is -0.384. The molecule has 1 unspecified atom stereocenters. The van der Waals surface area contributed by atoms with Gasteiger partial charge in [0.25, 0.3) is 5.69 Å². The first-order chi connectivity index (χ1) is 7.95. The van der Waals surface area contributed by atoms with Crippen LogP contribution in [0.15, 0.2) is 22.7 Å². The number of hydrogen-bond donors (Lipinski definition) is 2. The molecule has 0 spiro atoms. The van der Waals surface area contributed by atoms with Crippen molar-refractivity contribution >= 4 is 33.3 Å². The van der Waals surface area contributed by atoms with E-state index in [0.717, 1.165) is 0 Å². The second-order valence-electron chi connectivity index (χ2n) is 3.36. The van der Waals surface area contributed by atoms with E-state index in [4.69, 9.17) is 5.11 Å². The summed E-state index contributed by atoms with van der Waals surface area (Å²) in [4.78, 5) is 20.9. The van der Waals surface area contributed by atoms with Crippen LogP contribution >= 0.6 is 15.9 Å². The molecule has 0 saturated heterocycles. The highest BCUT2D eigenvalue weighted by atomic mass is 79.9. The first kappa shape index (κ1) is 13.4. The van der Waals surface area contributed by atoms with Crippen LogP contribution in [-0.2, 0) is 4.79 Å². The minimum Gasteiger partial charge on any atom is -0.480 e. The molecule has 6 nitrogen and oxygen atoms in total. The van der Waals surface area contributed by atoms with Crippen LogP contribution in [0.4, 0.5) is 11.4 Å². The number of nitrogens with one attached hydrogen (secondary N) is 1. The molecule has 1 aromatic carbocycles. The van der Waals surface area contributed by atoms with Crippen molar-refractivity contribution in [3.05, 3.63) is 32.8 Å². The molecule has 1 rings (SSSR count). The summed E-state index contributed by atoms with van der Waals surface area (Å²) in [6.07, 6.45) is 0.379. The van der Waals surface area contributed by atoms with Crippen molar-refractivity contribution in [3.63, 3.8) is 0 Å². The fraction of sp³-hybridized carbons (Fsp3) is 0.300. The van der Waals surface area contributed by atoms with Gasteiger partial charge in [-0.3, -0.25) is 10.1 Å². The molecule has 0 heterocycles. The van der Waals surface area contributed by atoms with Crippen LogP contribution in [0.25, 0.3) is 0 Å². The average Bonchev–Trinajstić information content (AvgIpc) is 2.27. The molecule has 0 aliphatic rings. The smallest absolute Gasteiger partial charge is 0.326 e. The van der Waals surface area contributed by atoms with E-state index in [1.54, 1.807) is 6.92 Å². The van der Waals surface area contributed by atoms with Gasteiger partial charge in [-0.05, 0) is 28.4 Å². The first-order valence-corrected chi connectivity index (χ1v) is 5.68. The maximum Gasteiger partial charge on any atom is 0.326 e. The summed E-state index contributed by atoms with van der Waals surface area (Å²) in [6.45, 7) is 1.72. The van der Waals surface area contributed by atoms with Crippen molar-refractivity contribution in [1.29, 1.82) is 0 Å². The number of rotatable bonds is 5. The third-order valence-electron chi connectivity index (χ3n) is 2.20. The zero-order valence-corrected chi connectivity index (χ0v) is 10.6. The maximum atomic E-state index is 10.9. The van der Waals surface area contributed by atoms with Gasteiger partial charge < -0.3 is 10.4 Å². The summed E-state index contributed by atoms with van der Waals surface area (Å²) < 4.78 is 0.586. The summed E-state index contributed by atoms with van der Waals surface area (Å²) >= 11 is 3.21. The van der Waals surface area contributed by atoms with Crippen molar-refractivity contribution in [2.45, 2.75) is 19.4 Å². The quantitative estimate of drug-likeness (QED) is 0.644. The number of aliphatic carboxylic acids is 1. The normalized spacial score (nSPS) is 11.9. The zero-order valence-electron chi connectivity index (χ0n) is 9.01. The number of benzene rings is 1. The standard InChI is InChI=1S/C10H11BrN2O4/c1-2-8(10(14)15)12-9-5-6(13(16)17)3-4-7(9)11/h3-5,8,12H,2H2,1H3,(H,14,15). The third-order valence-corrected chi connectivity index (χ3v) is 2.89. The van der Waals surface area contributed by atoms with E-state index in [9.17, 15) is 14.9 Å². The van der Waals surface area contributed by atoms with E-state index in [-0.39, 0.29) is 5.69 Å². The highest BCUT2D eigenvalue weighted by Crippen LogP contribution is 2.27. The van der Waals surface area contributed by atoms with Gasteiger partial charge in [0.2, 0.25) is 0 Å². The Morgan fingerprint density at radius 3 is 2.76 bits per heavy atom. The molecule has 0 aromatic heterocycles. The van der Waals surface area contributed by atoms with Crippen LogP contribution in [0, 0.1) is 10.1 Å². The van der Waals surface area contributed by atoms with E-state index in [1.165, 1.54) is 18.2 Å². The van der Waals surface area contributed by atoms with Crippen molar-refractivity contribution in [1.82, 2.24) is 0 Å². The van der Waals surface area contributed by atoms with E-state index in [2.05, 4.69) is 21.2 Å². The first-order valence-electron chi connectivity index (χ1n) is 4.89. The second-order valence-corrected chi connectivity index (χ2v) is 4.22. The minimum absolute atomic E-state index is 0.0871. The minimum atomic E-state index is -0.995. The van der Waals surface area contributed by atoms with Gasteiger partial charge >= 0.3 is 5.97 Å². The highest BCUT2D eigenvalue weighted by molar-refractivity contribution is 9.10. The molecular weight excluding hydrogens is 292 g/mol. The average molecular weight is 303 g/mol. The molecular formula is C10H11BrN2O4. The van der Waals surface area contributed by atoms with Gasteiger partial charge in [-0.15, -0.1) is 0 Å². The number of non-ortho nitro benzene ring substituents is 1. The molecule has 0 aliphatic heterocycles. The molecule has 0 aliphatic carbocycles. The maximum absolute atomic E-state index is 10.9. The lowest BCUT2D eigenvalue weighted by atomic mass is 10.2. The number of hydrogen-bond acceptors (Lipinski definition) is 4. The fourth-order valence-corrected chi connectivity index (χ4v) is 1.62. The van der Waals surface area contributed by atoms with Gasteiger partial charge in [-0.25, -0.2) is 4.79 Å². The van der Waals surface area contributed by atoms with E-state index in [0.29, 0.717) is 16.6 Å². The molecule has 0 radical (unpaired) electrons. The third kappa shape index (κ3) is 3.42. The number of nitro benzene ring substituents is 1. The molecule has 0 bridgehead atoms. The van der Waals surface area contributed by atoms with Crippen molar-refractivity contribution in [2.24, 2.45) is 0 Å². The van der Waals surface area contributed by atoms with Crippen LogP contribution in [-0.4, -0.2) is 22.0 Å². The van der Waals surface area contributed by atoms with Crippen molar-refractivity contribution < 1.29 is 14.8 Å². The molecule has 1 atom stereocenters. The van der Waals surface area contributed by atoms with E-state index in [1.807, 2.05) is 0 Å².